The maximum atomic E-state index is 9.81. The Balaban J connectivity index is 1.74. The molecule has 0 radical (unpaired) electrons. The highest BCUT2D eigenvalue weighted by Gasteiger charge is 2.06. The molecular formula is C13H16BrN3O2. The van der Waals surface area contributed by atoms with Crippen LogP contribution in [0.4, 0.5) is 5.82 Å². The molecule has 2 N–H and O–H groups in total. The highest BCUT2D eigenvalue weighted by molar-refractivity contribution is 9.10. The number of aryl methyl sites for hydroxylation is 1. The lowest BCUT2D eigenvalue weighted by Gasteiger charge is -2.13. The van der Waals surface area contributed by atoms with Crippen molar-refractivity contribution in [3.05, 3.63) is 41.0 Å². The first-order valence-corrected chi connectivity index (χ1v) is 6.73. The summed E-state index contributed by atoms with van der Waals surface area (Å²) in [6.07, 6.45) is 1.24. The summed E-state index contributed by atoms with van der Waals surface area (Å²) in [5.74, 6) is 1.47. The highest BCUT2D eigenvalue weighted by Crippen LogP contribution is 2.17. The van der Waals surface area contributed by atoms with E-state index in [1.54, 1.807) is 4.68 Å². The number of halogens is 1. The van der Waals surface area contributed by atoms with Crippen LogP contribution in [0.3, 0.4) is 0 Å². The number of nitrogens with one attached hydrogen (secondary N) is 1. The van der Waals surface area contributed by atoms with E-state index in [1.165, 1.54) is 0 Å². The number of benzene rings is 1. The smallest absolute Gasteiger partial charge is 0.148 e. The minimum atomic E-state index is -0.596. The number of aliphatic hydroxyl groups is 1. The summed E-state index contributed by atoms with van der Waals surface area (Å²) in [6.45, 7) is 0.626. The first-order chi connectivity index (χ1) is 9.13. The third-order valence-electron chi connectivity index (χ3n) is 2.47. The van der Waals surface area contributed by atoms with Crippen LogP contribution in [0.15, 0.2) is 41.0 Å². The third-order valence-corrected chi connectivity index (χ3v) is 2.96. The summed E-state index contributed by atoms with van der Waals surface area (Å²) in [4.78, 5) is 0. The molecule has 0 fully saturated rings. The van der Waals surface area contributed by atoms with E-state index < -0.39 is 6.10 Å². The minimum absolute atomic E-state index is 0.232. The Labute approximate surface area is 120 Å². The second kappa shape index (κ2) is 6.58. The van der Waals surface area contributed by atoms with Crippen molar-refractivity contribution >= 4 is 21.7 Å². The standard InChI is InChI=1S/C13H16BrN3O2/c1-17-6-5-13(16-17)15-8-11(18)9-19-12-4-2-3-10(14)7-12/h2-7,11,18H,8-9H2,1H3,(H,15,16). The zero-order chi connectivity index (χ0) is 13.7. The van der Waals surface area contributed by atoms with Crippen molar-refractivity contribution in [3.8, 4) is 5.75 Å². The third kappa shape index (κ3) is 4.57. The van der Waals surface area contributed by atoms with Crippen molar-refractivity contribution in [2.75, 3.05) is 18.5 Å². The van der Waals surface area contributed by atoms with E-state index in [1.807, 2.05) is 43.6 Å². The minimum Gasteiger partial charge on any atom is -0.491 e. The number of anilines is 1. The molecule has 1 aromatic carbocycles. The van der Waals surface area contributed by atoms with E-state index in [9.17, 15) is 5.11 Å². The van der Waals surface area contributed by atoms with Gasteiger partial charge in [-0.1, -0.05) is 22.0 Å². The first-order valence-electron chi connectivity index (χ1n) is 5.93. The van der Waals surface area contributed by atoms with Crippen molar-refractivity contribution in [2.24, 2.45) is 7.05 Å². The van der Waals surface area contributed by atoms with Crippen LogP contribution in [-0.4, -0.2) is 34.1 Å². The van der Waals surface area contributed by atoms with Crippen LogP contribution >= 0.6 is 15.9 Å². The van der Waals surface area contributed by atoms with Gasteiger partial charge in [0.1, 0.15) is 24.3 Å². The largest absolute Gasteiger partial charge is 0.491 e. The van der Waals surface area contributed by atoms with Crippen molar-refractivity contribution < 1.29 is 9.84 Å². The molecule has 2 rings (SSSR count). The monoisotopic (exact) mass is 325 g/mol. The van der Waals surface area contributed by atoms with Crippen molar-refractivity contribution in [1.82, 2.24) is 9.78 Å². The Bertz CT molecular complexity index is 530. The van der Waals surface area contributed by atoms with Gasteiger partial charge < -0.3 is 15.2 Å². The first kappa shape index (κ1) is 13.9. The van der Waals surface area contributed by atoms with Crippen molar-refractivity contribution in [1.29, 1.82) is 0 Å². The van der Waals surface area contributed by atoms with Crippen LogP contribution in [0, 0.1) is 0 Å². The number of rotatable bonds is 6. The molecule has 0 spiro atoms. The summed E-state index contributed by atoms with van der Waals surface area (Å²) < 4.78 is 8.15. The molecule has 2 aromatic rings. The molecular weight excluding hydrogens is 310 g/mol. The van der Waals surface area contributed by atoms with Crippen molar-refractivity contribution in [3.63, 3.8) is 0 Å². The molecule has 0 bridgehead atoms. The summed E-state index contributed by atoms with van der Waals surface area (Å²) >= 11 is 3.37. The summed E-state index contributed by atoms with van der Waals surface area (Å²) in [5.41, 5.74) is 0. The van der Waals surface area contributed by atoms with Crippen molar-refractivity contribution in [2.45, 2.75) is 6.10 Å². The Hall–Kier alpha value is -1.53. The molecule has 1 atom stereocenters. The second-order valence-corrected chi connectivity index (χ2v) is 5.09. The molecule has 0 aliphatic carbocycles. The topological polar surface area (TPSA) is 59.3 Å². The van der Waals surface area contributed by atoms with Gasteiger partial charge in [0, 0.05) is 30.3 Å². The number of aromatic nitrogens is 2. The van der Waals surface area contributed by atoms with E-state index >= 15 is 0 Å². The average molecular weight is 326 g/mol. The van der Waals surface area contributed by atoms with Gasteiger partial charge in [0.05, 0.1) is 0 Å². The van der Waals surface area contributed by atoms with Gasteiger partial charge in [0.2, 0.25) is 0 Å². The zero-order valence-corrected chi connectivity index (χ0v) is 12.2. The fraction of sp³-hybridized carbons (Fsp3) is 0.308. The van der Waals surface area contributed by atoms with Crippen LogP contribution in [0.25, 0.3) is 0 Å². The van der Waals surface area contributed by atoms with E-state index in [2.05, 4.69) is 26.3 Å². The van der Waals surface area contributed by atoms with Gasteiger partial charge in [0.25, 0.3) is 0 Å². The van der Waals surface area contributed by atoms with Crippen LogP contribution in [0.2, 0.25) is 0 Å². The van der Waals surface area contributed by atoms with Gasteiger partial charge in [-0.3, -0.25) is 4.68 Å². The molecule has 19 heavy (non-hydrogen) atoms. The van der Waals surface area contributed by atoms with Gasteiger partial charge in [-0.15, -0.1) is 0 Å². The number of aliphatic hydroxyl groups excluding tert-OH is 1. The lowest BCUT2D eigenvalue weighted by Crippen LogP contribution is -2.26. The van der Waals surface area contributed by atoms with E-state index in [4.69, 9.17) is 4.74 Å². The summed E-state index contributed by atoms with van der Waals surface area (Å²) in [7, 11) is 1.85. The molecule has 1 unspecified atom stereocenters. The van der Waals surface area contributed by atoms with Crippen LogP contribution in [-0.2, 0) is 7.05 Å². The number of ether oxygens (including phenoxy) is 1. The lowest BCUT2D eigenvalue weighted by atomic mass is 10.3. The number of hydrogen-bond donors (Lipinski definition) is 2. The van der Waals surface area contributed by atoms with Gasteiger partial charge >= 0.3 is 0 Å². The molecule has 0 saturated carbocycles. The number of hydrogen-bond acceptors (Lipinski definition) is 4. The summed E-state index contributed by atoms with van der Waals surface area (Å²) in [6, 6.07) is 9.37. The molecule has 0 saturated heterocycles. The molecule has 6 heteroatoms. The Morgan fingerprint density at radius 3 is 3.00 bits per heavy atom. The Morgan fingerprint density at radius 2 is 2.32 bits per heavy atom. The molecule has 1 aromatic heterocycles. The van der Waals surface area contributed by atoms with Crippen LogP contribution in [0.1, 0.15) is 0 Å². The Morgan fingerprint density at radius 1 is 1.47 bits per heavy atom. The van der Waals surface area contributed by atoms with Crippen LogP contribution < -0.4 is 10.1 Å². The van der Waals surface area contributed by atoms with Gasteiger partial charge in [-0.25, -0.2) is 0 Å². The molecule has 102 valence electrons. The van der Waals surface area contributed by atoms with Gasteiger partial charge in [-0.2, -0.15) is 5.10 Å². The quantitative estimate of drug-likeness (QED) is 0.853. The second-order valence-electron chi connectivity index (χ2n) is 4.18. The van der Waals surface area contributed by atoms with Crippen LogP contribution in [0.5, 0.6) is 5.75 Å². The molecule has 0 amide bonds. The maximum absolute atomic E-state index is 9.81. The fourth-order valence-corrected chi connectivity index (χ4v) is 1.92. The van der Waals surface area contributed by atoms with E-state index in [-0.39, 0.29) is 6.61 Å². The lowest BCUT2D eigenvalue weighted by molar-refractivity contribution is 0.117. The van der Waals surface area contributed by atoms with Gasteiger partial charge in [-0.05, 0) is 18.2 Å². The average Bonchev–Trinajstić information content (AvgIpc) is 2.80. The van der Waals surface area contributed by atoms with Gasteiger partial charge in [0.15, 0.2) is 0 Å². The maximum Gasteiger partial charge on any atom is 0.148 e. The molecule has 0 aliphatic heterocycles. The normalized spacial score (nSPS) is 12.2. The number of nitrogens with zero attached hydrogens (tertiary/aromatic N) is 2. The molecule has 0 aliphatic rings. The molecule has 5 nitrogen and oxygen atoms in total. The SMILES string of the molecule is Cn1ccc(NCC(O)COc2cccc(Br)c2)n1. The molecule has 1 heterocycles. The highest BCUT2D eigenvalue weighted by atomic mass is 79.9. The fourth-order valence-electron chi connectivity index (χ4n) is 1.54. The van der Waals surface area contributed by atoms with E-state index in [0.29, 0.717) is 6.54 Å². The Kier molecular flexibility index (Phi) is 4.81. The summed E-state index contributed by atoms with van der Waals surface area (Å²) in [5, 5.41) is 17.0. The van der Waals surface area contributed by atoms with E-state index in [0.717, 1.165) is 16.0 Å². The predicted molar refractivity (Wildman–Crippen MR) is 77.3 cm³/mol. The predicted octanol–water partition coefficient (Wildman–Crippen LogP) is 2.03. The zero-order valence-electron chi connectivity index (χ0n) is 10.6.